The lowest BCUT2D eigenvalue weighted by atomic mass is 10.1. The molecule has 6 heteroatoms. The highest BCUT2D eigenvalue weighted by atomic mass is 127. The third-order valence-electron chi connectivity index (χ3n) is 3.74. The van der Waals surface area contributed by atoms with Gasteiger partial charge in [-0.15, -0.1) is 24.0 Å². The molecular formula is C19H26ClIN4. The first-order valence-electron chi connectivity index (χ1n) is 8.27. The number of hydrogen-bond acceptors (Lipinski definition) is 2. The molecule has 136 valence electrons. The number of hydrogen-bond donors (Lipinski definition) is 2. The Morgan fingerprint density at radius 1 is 1.16 bits per heavy atom. The average Bonchev–Trinajstić information content (AvgIpc) is 2.55. The molecule has 0 aliphatic rings. The van der Waals surface area contributed by atoms with Crippen molar-refractivity contribution in [2.24, 2.45) is 4.99 Å². The van der Waals surface area contributed by atoms with Crippen LogP contribution in [0, 0.1) is 13.8 Å². The van der Waals surface area contributed by atoms with E-state index in [1.807, 2.05) is 18.3 Å². The van der Waals surface area contributed by atoms with Gasteiger partial charge in [0.2, 0.25) is 0 Å². The zero-order valence-corrected chi connectivity index (χ0v) is 18.1. The molecule has 2 N–H and O–H groups in total. The number of rotatable bonds is 6. The maximum atomic E-state index is 5.80. The Morgan fingerprint density at radius 3 is 2.60 bits per heavy atom. The third kappa shape index (κ3) is 7.61. The van der Waals surface area contributed by atoms with Gasteiger partial charge in [0.1, 0.15) is 5.15 Å². The molecule has 0 fully saturated rings. The highest BCUT2D eigenvalue weighted by molar-refractivity contribution is 14.0. The number of pyridine rings is 1. The lowest BCUT2D eigenvalue weighted by molar-refractivity contribution is 0.797. The molecule has 1 aromatic heterocycles. The fraction of sp³-hybridized carbons (Fsp3) is 0.368. The SMILES string of the molecule is CCNC(=NCc1ccc(C)cc1C)NCCc1ccc(Cl)nc1.I. The first-order chi connectivity index (χ1) is 11.6. The molecule has 25 heavy (non-hydrogen) atoms. The van der Waals surface area contributed by atoms with E-state index in [9.17, 15) is 0 Å². The number of halogens is 2. The quantitative estimate of drug-likeness (QED) is 0.286. The van der Waals surface area contributed by atoms with Crippen molar-refractivity contribution in [2.45, 2.75) is 33.7 Å². The van der Waals surface area contributed by atoms with Crippen LogP contribution in [-0.4, -0.2) is 24.0 Å². The lowest BCUT2D eigenvalue weighted by Gasteiger charge is -2.12. The zero-order chi connectivity index (χ0) is 17.4. The van der Waals surface area contributed by atoms with Crippen molar-refractivity contribution in [1.29, 1.82) is 0 Å². The molecule has 2 aromatic rings. The normalized spacial score (nSPS) is 11.0. The van der Waals surface area contributed by atoms with Crippen LogP contribution in [0.1, 0.15) is 29.2 Å². The first-order valence-corrected chi connectivity index (χ1v) is 8.65. The first kappa shape index (κ1) is 21.7. The van der Waals surface area contributed by atoms with Crippen LogP contribution in [-0.2, 0) is 13.0 Å². The summed E-state index contributed by atoms with van der Waals surface area (Å²) in [4.78, 5) is 8.77. The lowest BCUT2D eigenvalue weighted by Crippen LogP contribution is -2.38. The summed E-state index contributed by atoms with van der Waals surface area (Å²) in [5.74, 6) is 0.833. The number of nitrogens with zero attached hydrogens (tertiary/aromatic N) is 2. The van der Waals surface area contributed by atoms with E-state index in [2.05, 4.69) is 59.6 Å². The van der Waals surface area contributed by atoms with E-state index in [1.54, 1.807) is 0 Å². The number of benzene rings is 1. The van der Waals surface area contributed by atoms with Gasteiger partial charge >= 0.3 is 0 Å². The van der Waals surface area contributed by atoms with Gasteiger partial charge < -0.3 is 10.6 Å². The predicted molar refractivity (Wildman–Crippen MR) is 117 cm³/mol. The average molecular weight is 473 g/mol. The van der Waals surface area contributed by atoms with Crippen LogP contribution in [0.25, 0.3) is 0 Å². The second-order valence-corrected chi connectivity index (χ2v) is 6.18. The molecule has 0 amide bonds. The van der Waals surface area contributed by atoms with E-state index in [-0.39, 0.29) is 24.0 Å². The number of aromatic nitrogens is 1. The molecule has 0 saturated carbocycles. The molecule has 0 aliphatic carbocycles. The van der Waals surface area contributed by atoms with E-state index < -0.39 is 0 Å². The number of guanidine groups is 1. The smallest absolute Gasteiger partial charge is 0.191 e. The molecule has 0 radical (unpaired) electrons. The summed E-state index contributed by atoms with van der Waals surface area (Å²) in [5, 5.41) is 7.17. The molecule has 2 rings (SSSR count). The van der Waals surface area contributed by atoms with Crippen molar-refractivity contribution in [3.05, 3.63) is 63.9 Å². The molecule has 1 aromatic carbocycles. The molecule has 0 spiro atoms. The van der Waals surface area contributed by atoms with E-state index >= 15 is 0 Å². The van der Waals surface area contributed by atoms with E-state index in [4.69, 9.17) is 11.6 Å². The van der Waals surface area contributed by atoms with Gasteiger partial charge in [0, 0.05) is 19.3 Å². The zero-order valence-electron chi connectivity index (χ0n) is 15.0. The molecule has 1 heterocycles. The molecule has 0 bridgehead atoms. The summed E-state index contributed by atoms with van der Waals surface area (Å²) < 4.78 is 0. The van der Waals surface area contributed by atoms with Crippen LogP contribution in [0.2, 0.25) is 5.15 Å². The highest BCUT2D eigenvalue weighted by Crippen LogP contribution is 2.11. The summed E-state index contributed by atoms with van der Waals surface area (Å²) >= 11 is 5.80. The Bertz CT molecular complexity index is 686. The standard InChI is InChI=1S/C19H25ClN4.HI/c1-4-21-19(22-10-9-16-6-8-18(20)23-12-16)24-13-17-7-5-14(2)11-15(17)3;/h5-8,11-12H,4,9-10,13H2,1-3H3,(H2,21,22,24);1H. The van der Waals surface area contributed by atoms with Gasteiger partial charge in [0.15, 0.2) is 5.96 Å². The summed E-state index contributed by atoms with van der Waals surface area (Å²) in [6.45, 7) is 8.60. The fourth-order valence-corrected chi connectivity index (χ4v) is 2.52. The number of nitrogens with one attached hydrogen (secondary N) is 2. The number of aryl methyl sites for hydroxylation is 2. The number of aliphatic imine (C=N–C) groups is 1. The molecule has 0 atom stereocenters. The Kier molecular flexibility index (Phi) is 9.82. The minimum Gasteiger partial charge on any atom is -0.357 e. The van der Waals surface area contributed by atoms with Gasteiger partial charge in [-0.25, -0.2) is 9.98 Å². The highest BCUT2D eigenvalue weighted by Gasteiger charge is 2.01. The van der Waals surface area contributed by atoms with Crippen LogP contribution < -0.4 is 10.6 Å². The Balaban J connectivity index is 0.00000312. The minimum absolute atomic E-state index is 0. The molecule has 4 nitrogen and oxygen atoms in total. The maximum absolute atomic E-state index is 5.80. The van der Waals surface area contributed by atoms with Gasteiger partial charge in [-0.2, -0.15) is 0 Å². The molecule has 0 aliphatic heterocycles. The summed E-state index contributed by atoms with van der Waals surface area (Å²) in [5.41, 5.74) is 4.96. The Morgan fingerprint density at radius 2 is 1.96 bits per heavy atom. The summed E-state index contributed by atoms with van der Waals surface area (Å²) in [6.07, 6.45) is 2.68. The largest absolute Gasteiger partial charge is 0.357 e. The van der Waals surface area contributed by atoms with Crippen LogP contribution >= 0.6 is 35.6 Å². The molecular weight excluding hydrogens is 447 g/mol. The van der Waals surface area contributed by atoms with Crippen LogP contribution in [0.15, 0.2) is 41.5 Å². The van der Waals surface area contributed by atoms with E-state index in [1.165, 1.54) is 16.7 Å². The predicted octanol–water partition coefficient (Wildman–Crippen LogP) is 4.27. The Labute approximate surface area is 172 Å². The van der Waals surface area contributed by atoms with Crippen molar-refractivity contribution < 1.29 is 0 Å². The minimum atomic E-state index is 0. The van der Waals surface area contributed by atoms with Gasteiger partial charge in [-0.3, -0.25) is 0 Å². The third-order valence-corrected chi connectivity index (χ3v) is 3.97. The van der Waals surface area contributed by atoms with Gasteiger partial charge in [-0.05, 0) is 49.9 Å². The summed E-state index contributed by atoms with van der Waals surface area (Å²) in [7, 11) is 0. The van der Waals surface area contributed by atoms with Crippen molar-refractivity contribution in [1.82, 2.24) is 15.6 Å². The van der Waals surface area contributed by atoms with Crippen molar-refractivity contribution in [3.8, 4) is 0 Å². The van der Waals surface area contributed by atoms with Crippen LogP contribution in [0.5, 0.6) is 0 Å². The van der Waals surface area contributed by atoms with Crippen molar-refractivity contribution in [3.63, 3.8) is 0 Å². The van der Waals surface area contributed by atoms with Gasteiger partial charge in [0.05, 0.1) is 6.54 Å². The molecule has 0 saturated heterocycles. The fourth-order valence-electron chi connectivity index (χ4n) is 2.41. The van der Waals surface area contributed by atoms with Crippen LogP contribution in [0.4, 0.5) is 0 Å². The summed E-state index contributed by atoms with van der Waals surface area (Å²) in [6, 6.07) is 10.3. The second-order valence-electron chi connectivity index (χ2n) is 5.79. The van der Waals surface area contributed by atoms with E-state index in [0.717, 1.165) is 31.0 Å². The van der Waals surface area contributed by atoms with Gasteiger partial charge in [-0.1, -0.05) is 41.4 Å². The monoisotopic (exact) mass is 472 g/mol. The maximum Gasteiger partial charge on any atom is 0.191 e. The topological polar surface area (TPSA) is 49.3 Å². The van der Waals surface area contributed by atoms with Crippen molar-refractivity contribution in [2.75, 3.05) is 13.1 Å². The van der Waals surface area contributed by atoms with E-state index in [0.29, 0.717) is 11.7 Å². The van der Waals surface area contributed by atoms with Gasteiger partial charge in [0.25, 0.3) is 0 Å². The Hall–Kier alpha value is -1.34. The van der Waals surface area contributed by atoms with Crippen molar-refractivity contribution >= 4 is 41.5 Å². The molecule has 0 unspecified atom stereocenters. The second kappa shape index (κ2) is 11.3. The van der Waals surface area contributed by atoms with Crippen LogP contribution in [0.3, 0.4) is 0 Å².